The van der Waals surface area contributed by atoms with Gasteiger partial charge in [-0.3, -0.25) is 0 Å². The smallest absolute Gasteiger partial charge is 0.114 e. The lowest BCUT2D eigenvalue weighted by atomic mass is 9.66. The second-order valence-electron chi connectivity index (χ2n) is 5.59. The molecule has 0 aromatic rings. The van der Waals surface area contributed by atoms with E-state index in [-0.39, 0.29) is 10.8 Å². The zero-order chi connectivity index (χ0) is 10.2. The predicted octanol–water partition coefficient (Wildman–Crippen LogP) is 0.332. The first-order chi connectivity index (χ1) is 6.46. The van der Waals surface area contributed by atoms with Crippen molar-refractivity contribution in [1.29, 1.82) is 0 Å². The molecule has 1 aliphatic heterocycles. The molecule has 1 saturated heterocycles. The Bertz CT molecular complexity index is 326. The summed E-state index contributed by atoms with van der Waals surface area (Å²) in [5.74, 6) is -0.468. The van der Waals surface area contributed by atoms with E-state index in [0.717, 1.165) is 12.8 Å². The van der Waals surface area contributed by atoms with E-state index < -0.39 is 11.6 Å². The van der Waals surface area contributed by atoms with E-state index in [1.807, 2.05) is 0 Å². The van der Waals surface area contributed by atoms with Crippen LogP contribution in [0.3, 0.4) is 0 Å². The topological polar surface area (TPSA) is 49.4 Å². The summed E-state index contributed by atoms with van der Waals surface area (Å²) in [6, 6.07) is 0. The SMILES string of the molecule is C[C@]12CC[C@@H]3C[C@@]1(C(=O)[O-])OC[C@@]32C. The number of hydrogen-bond donors (Lipinski definition) is 0. The molecule has 3 aliphatic rings. The summed E-state index contributed by atoms with van der Waals surface area (Å²) in [6.45, 7) is 4.85. The summed E-state index contributed by atoms with van der Waals surface area (Å²) in [5, 5.41) is 11.3. The van der Waals surface area contributed by atoms with Gasteiger partial charge < -0.3 is 14.6 Å². The molecule has 0 aromatic heterocycles. The predicted molar refractivity (Wildman–Crippen MR) is 47.2 cm³/mol. The molecule has 4 atom stereocenters. The number of rotatable bonds is 1. The van der Waals surface area contributed by atoms with Crippen molar-refractivity contribution in [3.05, 3.63) is 0 Å². The molecule has 14 heavy (non-hydrogen) atoms. The lowest BCUT2D eigenvalue weighted by Gasteiger charge is -2.42. The van der Waals surface area contributed by atoms with Crippen molar-refractivity contribution in [3.8, 4) is 0 Å². The van der Waals surface area contributed by atoms with Gasteiger partial charge in [-0.2, -0.15) is 0 Å². The third-order valence-electron chi connectivity index (χ3n) is 5.53. The highest BCUT2D eigenvalue weighted by Gasteiger charge is 2.76. The van der Waals surface area contributed by atoms with Gasteiger partial charge in [-0.15, -0.1) is 0 Å². The van der Waals surface area contributed by atoms with Gasteiger partial charge in [0.05, 0.1) is 12.6 Å². The summed E-state index contributed by atoms with van der Waals surface area (Å²) < 4.78 is 5.58. The van der Waals surface area contributed by atoms with Crippen molar-refractivity contribution < 1.29 is 14.6 Å². The standard InChI is InChI=1S/C11H16O3/c1-9-6-14-11(8(12)13)5-7(9)3-4-10(9,11)2/h7H,3-6H2,1-2H3,(H,12,13)/p-1/t7-,9+,10-,11+/m1/s1. The Morgan fingerprint density at radius 2 is 2.21 bits per heavy atom. The Morgan fingerprint density at radius 3 is 2.64 bits per heavy atom. The van der Waals surface area contributed by atoms with Gasteiger partial charge in [0, 0.05) is 10.8 Å². The first-order valence-electron chi connectivity index (χ1n) is 5.32. The third kappa shape index (κ3) is 0.553. The number of hydrogen-bond acceptors (Lipinski definition) is 3. The fourth-order valence-corrected chi connectivity index (χ4v) is 4.22. The van der Waals surface area contributed by atoms with Crippen LogP contribution in [0.25, 0.3) is 0 Å². The number of carbonyl (C=O) groups is 1. The van der Waals surface area contributed by atoms with E-state index in [4.69, 9.17) is 4.74 Å². The van der Waals surface area contributed by atoms with Gasteiger partial charge in [0.25, 0.3) is 0 Å². The molecule has 3 heteroatoms. The van der Waals surface area contributed by atoms with Crippen molar-refractivity contribution in [2.45, 2.75) is 38.7 Å². The van der Waals surface area contributed by atoms with Crippen molar-refractivity contribution >= 4 is 5.97 Å². The molecule has 78 valence electrons. The summed E-state index contributed by atoms with van der Waals surface area (Å²) >= 11 is 0. The quantitative estimate of drug-likeness (QED) is 0.606. The molecular weight excluding hydrogens is 180 g/mol. The highest BCUT2D eigenvalue weighted by molar-refractivity contribution is 5.79. The summed E-state index contributed by atoms with van der Waals surface area (Å²) in [6.07, 6.45) is 2.80. The van der Waals surface area contributed by atoms with Gasteiger partial charge in [-0.05, 0) is 25.2 Å². The van der Waals surface area contributed by atoms with Crippen LogP contribution < -0.4 is 5.11 Å². The van der Waals surface area contributed by atoms with Gasteiger partial charge in [0.2, 0.25) is 0 Å². The fourth-order valence-electron chi connectivity index (χ4n) is 4.22. The second kappa shape index (κ2) is 2.01. The summed E-state index contributed by atoms with van der Waals surface area (Å²) in [4.78, 5) is 11.3. The molecule has 1 heterocycles. The number of carbonyl (C=O) groups excluding carboxylic acids is 1. The van der Waals surface area contributed by atoms with E-state index >= 15 is 0 Å². The van der Waals surface area contributed by atoms with Crippen LogP contribution in [-0.2, 0) is 9.53 Å². The largest absolute Gasteiger partial charge is 0.547 e. The van der Waals surface area contributed by atoms with Gasteiger partial charge >= 0.3 is 0 Å². The Balaban J connectivity index is 2.18. The van der Waals surface area contributed by atoms with E-state index in [2.05, 4.69) is 13.8 Å². The minimum absolute atomic E-state index is 0.0765. The molecule has 0 spiro atoms. The second-order valence-corrected chi connectivity index (χ2v) is 5.59. The Hall–Kier alpha value is -0.570. The maximum atomic E-state index is 11.3. The number of ether oxygens (including phenoxy) is 1. The van der Waals surface area contributed by atoms with Crippen LogP contribution in [0.4, 0.5) is 0 Å². The molecule has 4 bridgehead atoms. The number of carboxylic acid groups (broad SMARTS) is 1. The van der Waals surface area contributed by atoms with E-state index in [1.165, 1.54) is 0 Å². The Morgan fingerprint density at radius 1 is 1.50 bits per heavy atom. The van der Waals surface area contributed by atoms with E-state index in [0.29, 0.717) is 18.9 Å². The molecular formula is C11H15O3-. The Labute approximate surface area is 83.4 Å². The molecule has 0 N–H and O–H groups in total. The van der Waals surface area contributed by atoms with Crippen LogP contribution in [-0.4, -0.2) is 18.2 Å². The average molecular weight is 195 g/mol. The van der Waals surface area contributed by atoms with Crippen LogP contribution in [0, 0.1) is 16.7 Å². The normalized spacial score (nSPS) is 59.4. The van der Waals surface area contributed by atoms with Crippen LogP contribution >= 0.6 is 0 Å². The highest BCUT2D eigenvalue weighted by Crippen LogP contribution is 2.74. The van der Waals surface area contributed by atoms with Crippen molar-refractivity contribution in [2.24, 2.45) is 16.7 Å². The highest BCUT2D eigenvalue weighted by atomic mass is 16.5. The van der Waals surface area contributed by atoms with E-state index in [9.17, 15) is 9.90 Å². The molecule has 3 rings (SSSR count). The third-order valence-corrected chi connectivity index (χ3v) is 5.53. The summed E-state index contributed by atoms with van der Waals surface area (Å²) in [7, 11) is 0. The molecule has 3 fully saturated rings. The van der Waals surface area contributed by atoms with Gasteiger partial charge in [0.1, 0.15) is 5.60 Å². The number of aliphatic carboxylic acids is 1. The fraction of sp³-hybridized carbons (Fsp3) is 0.909. The van der Waals surface area contributed by atoms with Crippen LogP contribution in [0.2, 0.25) is 0 Å². The first kappa shape index (κ1) is 8.72. The molecule has 2 aliphatic carbocycles. The van der Waals surface area contributed by atoms with Crippen molar-refractivity contribution in [2.75, 3.05) is 6.61 Å². The minimum Gasteiger partial charge on any atom is -0.547 e. The van der Waals surface area contributed by atoms with E-state index in [1.54, 1.807) is 0 Å². The average Bonchev–Trinajstić information content (AvgIpc) is 2.58. The monoisotopic (exact) mass is 195 g/mol. The van der Waals surface area contributed by atoms with Gasteiger partial charge in [-0.1, -0.05) is 13.8 Å². The van der Waals surface area contributed by atoms with Crippen LogP contribution in [0.5, 0.6) is 0 Å². The molecule has 0 radical (unpaired) electrons. The van der Waals surface area contributed by atoms with Gasteiger partial charge in [-0.25, -0.2) is 0 Å². The van der Waals surface area contributed by atoms with Crippen molar-refractivity contribution in [1.82, 2.24) is 0 Å². The molecule has 0 amide bonds. The zero-order valence-corrected chi connectivity index (χ0v) is 8.63. The lowest BCUT2D eigenvalue weighted by molar-refractivity contribution is -0.331. The molecule has 2 saturated carbocycles. The van der Waals surface area contributed by atoms with Crippen LogP contribution in [0.1, 0.15) is 33.1 Å². The first-order valence-corrected chi connectivity index (χ1v) is 5.32. The molecule has 0 unspecified atom stereocenters. The number of carboxylic acids is 1. The molecule has 3 nitrogen and oxygen atoms in total. The Kier molecular flexibility index (Phi) is 1.25. The minimum atomic E-state index is -0.995. The zero-order valence-electron chi connectivity index (χ0n) is 8.63. The van der Waals surface area contributed by atoms with Crippen LogP contribution in [0.15, 0.2) is 0 Å². The maximum Gasteiger partial charge on any atom is 0.114 e. The summed E-state index contributed by atoms with van der Waals surface area (Å²) in [5.41, 5.74) is -1.08. The maximum absolute atomic E-state index is 11.3. The molecule has 0 aromatic carbocycles. The lowest BCUT2D eigenvalue weighted by Crippen LogP contribution is -2.56. The van der Waals surface area contributed by atoms with Crippen molar-refractivity contribution in [3.63, 3.8) is 0 Å². The van der Waals surface area contributed by atoms with Gasteiger partial charge in [0.15, 0.2) is 0 Å².